The largest absolute Gasteiger partial charge is 0.365 e. The molecule has 2 aromatic carbocycles. The van der Waals surface area contributed by atoms with Gasteiger partial charge < -0.3 is 19.5 Å². The first-order valence-electron chi connectivity index (χ1n) is 11.7. The van der Waals surface area contributed by atoms with Crippen LogP contribution in [0.5, 0.6) is 0 Å². The fraction of sp³-hybridized carbons (Fsp3) is 0.346. The van der Waals surface area contributed by atoms with Gasteiger partial charge in [0.25, 0.3) is 5.91 Å². The lowest BCUT2D eigenvalue weighted by molar-refractivity contribution is -0.126. The van der Waals surface area contributed by atoms with Gasteiger partial charge in [0.1, 0.15) is 17.7 Å². The average Bonchev–Trinajstić information content (AvgIpc) is 3.31. The summed E-state index contributed by atoms with van der Waals surface area (Å²) in [6, 6.07) is 12.2. The maximum absolute atomic E-state index is 13.2. The zero-order valence-corrected chi connectivity index (χ0v) is 19.1. The molecule has 0 spiro atoms. The molecule has 7 nitrogen and oxygen atoms in total. The Bertz CT molecular complexity index is 1200. The summed E-state index contributed by atoms with van der Waals surface area (Å²) in [5.74, 6) is -0.991. The Hall–Kier alpha value is -3.59. The van der Waals surface area contributed by atoms with Crippen LogP contribution in [0.4, 0.5) is 8.78 Å². The fourth-order valence-corrected chi connectivity index (χ4v) is 4.62. The highest BCUT2D eigenvalue weighted by atomic mass is 19.1. The van der Waals surface area contributed by atoms with Crippen molar-refractivity contribution in [3.8, 4) is 0 Å². The lowest BCUT2D eigenvalue weighted by Crippen LogP contribution is -2.43. The number of piperidine rings is 1. The molecule has 1 N–H and O–H groups in total. The Morgan fingerprint density at radius 2 is 1.66 bits per heavy atom. The first kappa shape index (κ1) is 23.2. The highest BCUT2D eigenvalue weighted by Gasteiger charge is 2.32. The third-order valence-corrected chi connectivity index (χ3v) is 6.71. The Kier molecular flexibility index (Phi) is 6.59. The zero-order chi connectivity index (χ0) is 24.4. The number of hydrogen-bond acceptors (Lipinski definition) is 4. The average molecular weight is 481 g/mol. The molecule has 2 amide bonds. The van der Waals surface area contributed by atoms with Gasteiger partial charge in [-0.15, -0.1) is 0 Å². The number of carbonyl (C=O) groups is 2. The van der Waals surface area contributed by atoms with Crippen molar-refractivity contribution in [1.29, 1.82) is 0 Å². The Labute approximate surface area is 201 Å². The number of carbonyl (C=O) groups excluding carboxylic acids is 2. The monoisotopic (exact) mass is 480 g/mol. The molecule has 0 radical (unpaired) electrons. The molecule has 3 heterocycles. The van der Waals surface area contributed by atoms with E-state index in [0.717, 1.165) is 16.8 Å². The summed E-state index contributed by atoms with van der Waals surface area (Å²) in [6.45, 7) is 2.03. The molecule has 0 aliphatic carbocycles. The van der Waals surface area contributed by atoms with Crippen molar-refractivity contribution in [2.45, 2.75) is 38.6 Å². The van der Waals surface area contributed by atoms with Crippen LogP contribution in [0.2, 0.25) is 0 Å². The molecule has 0 bridgehead atoms. The molecule has 1 unspecified atom stereocenters. The first-order valence-corrected chi connectivity index (χ1v) is 11.7. The molecule has 1 atom stereocenters. The van der Waals surface area contributed by atoms with Gasteiger partial charge >= 0.3 is 0 Å². The molecule has 5 rings (SSSR count). The smallest absolute Gasteiger partial charge is 0.274 e. The first-order chi connectivity index (χ1) is 17.0. The second kappa shape index (κ2) is 9.95. The number of fused-ring (bicyclic) bond motifs is 1. The summed E-state index contributed by atoms with van der Waals surface area (Å²) in [5, 5.41) is 2.90. The highest BCUT2D eigenvalue weighted by molar-refractivity contribution is 5.93. The van der Waals surface area contributed by atoms with E-state index < -0.39 is 0 Å². The van der Waals surface area contributed by atoms with Crippen molar-refractivity contribution in [3.05, 3.63) is 89.0 Å². The second-order valence-corrected chi connectivity index (χ2v) is 8.95. The molecule has 9 heteroatoms. The number of benzene rings is 2. The van der Waals surface area contributed by atoms with Gasteiger partial charge in [-0.3, -0.25) is 9.59 Å². The Morgan fingerprint density at radius 1 is 1.00 bits per heavy atom. The summed E-state index contributed by atoms with van der Waals surface area (Å²) in [7, 11) is 0. The van der Waals surface area contributed by atoms with Crippen LogP contribution in [0.25, 0.3) is 0 Å². The summed E-state index contributed by atoms with van der Waals surface area (Å²) in [5.41, 5.74) is 2.81. The van der Waals surface area contributed by atoms with Crippen molar-refractivity contribution in [2.24, 2.45) is 5.92 Å². The number of imidazole rings is 1. The minimum atomic E-state index is -0.310. The highest BCUT2D eigenvalue weighted by Crippen LogP contribution is 2.29. The van der Waals surface area contributed by atoms with Gasteiger partial charge in [-0.25, -0.2) is 13.8 Å². The lowest BCUT2D eigenvalue weighted by atomic mass is 9.95. The topological polar surface area (TPSA) is 76.5 Å². The van der Waals surface area contributed by atoms with Gasteiger partial charge in [0.15, 0.2) is 5.69 Å². The van der Waals surface area contributed by atoms with Crippen LogP contribution >= 0.6 is 0 Å². The standard InChI is InChI=1S/C26H26F2N4O3/c27-20-5-1-17(2-6-20)13-29-25(33)19-9-11-31(12-10-19)26(34)24-22-15-35-23(14-32(22)16-30-24)18-3-7-21(28)8-4-18/h1-8,16,19,23H,9-15H2,(H,29,33). The number of nitrogens with one attached hydrogen (secondary N) is 1. The van der Waals surface area contributed by atoms with Crippen LogP contribution in [0.3, 0.4) is 0 Å². The van der Waals surface area contributed by atoms with Gasteiger partial charge in [0.05, 0.1) is 25.2 Å². The third kappa shape index (κ3) is 5.09. The van der Waals surface area contributed by atoms with Crippen LogP contribution in [-0.2, 0) is 29.2 Å². The van der Waals surface area contributed by atoms with E-state index in [1.165, 1.54) is 24.3 Å². The number of halogens is 2. The van der Waals surface area contributed by atoms with E-state index in [1.807, 2.05) is 4.57 Å². The van der Waals surface area contributed by atoms with E-state index in [4.69, 9.17) is 4.74 Å². The van der Waals surface area contributed by atoms with Gasteiger partial charge in [0, 0.05) is 25.6 Å². The van der Waals surface area contributed by atoms with Crippen LogP contribution < -0.4 is 5.32 Å². The number of nitrogens with zero attached hydrogens (tertiary/aromatic N) is 3. The SMILES string of the molecule is O=C(NCc1ccc(F)cc1)C1CCN(C(=O)c2ncn3c2COC(c2ccc(F)cc2)C3)CC1. The molecule has 3 aromatic rings. The summed E-state index contributed by atoms with van der Waals surface area (Å²) in [4.78, 5) is 31.8. The van der Waals surface area contributed by atoms with Gasteiger partial charge in [0.2, 0.25) is 5.91 Å². The number of ether oxygens (including phenoxy) is 1. The summed E-state index contributed by atoms with van der Waals surface area (Å²) >= 11 is 0. The van der Waals surface area contributed by atoms with E-state index in [-0.39, 0.29) is 42.1 Å². The van der Waals surface area contributed by atoms with Crippen molar-refractivity contribution >= 4 is 11.8 Å². The van der Waals surface area contributed by atoms with E-state index in [9.17, 15) is 18.4 Å². The van der Waals surface area contributed by atoms with Crippen LogP contribution in [0.15, 0.2) is 54.9 Å². The molecule has 1 fully saturated rings. The maximum Gasteiger partial charge on any atom is 0.274 e. The predicted molar refractivity (Wildman–Crippen MR) is 123 cm³/mol. The minimum absolute atomic E-state index is 0.0546. The second-order valence-electron chi connectivity index (χ2n) is 8.95. The molecule has 1 aromatic heterocycles. The van der Waals surface area contributed by atoms with Gasteiger partial charge in [-0.2, -0.15) is 0 Å². The Morgan fingerprint density at radius 3 is 2.34 bits per heavy atom. The molecule has 2 aliphatic heterocycles. The summed E-state index contributed by atoms with van der Waals surface area (Å²) < 4.78 is 34.1. The number of aromatic nitrogens is 2. The van der Waals surface area contributed by atoms with E-state index in [0.29, 0.717) is 44.7 Å². The normalized spacial score (nSPS) is 18.2. The van der Waals surface area contributed by atoms with Crippen LogP contribution in [0.1, 0.15) is 46.3 Å². The van der Waals surface area contributed by atoms with E-state index in [2.05, 4.69) is 10.3 Å². The van der Waals surface area contributed by atoms with Gasteiger partial charge in [-0.1, -0.05) is 24.3 Å². The maximum atomic E-state index is 13.2. The number of likely N-dealkylation sites (tertiary alicyclic amines) is 1. The molecule has 35 heavy (non-hydrogen) atoms. The number of amides is 2. The van der Waals surface area contributed by atoms with Crippen molar-refractivity contribution in [2.75, 3.05) is 13.1 Å². The molecule has 1 saturated heterocycles. The van der Waals surface area contributed by atoms with Crippen LogP contribution in [0, 0.1) is 17.6 Å². The molecular formula is C26H26F2N4O3. The van der Waals surface area contributed by atoms with E-state index in [1.54, 1.807) is 35.5 Å². The van der Waals surface area contributed by atoms with Crippen LogP contribution in [-0.4, -0.2) is 39.4 Å². The minimum Gasteiger partial charge on any atom is -0.365 e. The summed E-state index contributed by atoms with van der Waals surface area (Å²) in [6.07, 6.45) is 2.56. The number of hydrogen-bond donors (Lipinski definition) is 1. The quantitative estimate of drug-likeness (QED) is 0.606. The van der Waals surface area contributed by atoms with Crippen molar-refractivity contribution in [3.63, 3.8) is 0 Å². The van der Waals surface area contributed by atoms with E-state index >= 15 is 0 Å². The molecule has 2 aliphatic rings. The third-order valence-electron chi connectivity index (χ3n) is 6.71. The molecule has 182 valence electrons. The Balaban J connectivity index is 1.15. The van der Waals surface area contributed by atoms with Gasteiger partial charge in [-0.05, 0) is 48.2 Å². The number of rotatable bonds is 5. The fourth-order valence-electron chi connectivity index (χ4n) is 4.62. The lowest BCUT2D eigenvalue weighted by Gasteiger charge is -2.31. The zero-order valence-electron chi connectivity index (χ0n) is 19.1. The van der Waals surface area contributed by atoms with Crippen molar-refractivity contribution in [1.82, 2.24) is 19.8 Å². The predicted octanol–water partition coefficient (Wildman–Crippen LogP) is 3.60. The molecule has 0 saturated carbocycles. The molecular weight excluding hydrogens is 454 g/mol. The van der Waals surface area contributed by atoms with Crippen molar-refractivity contribution < 1.29 is 23.1 Å².